The Bertz CT molecular complexity index is 912. The van der Waals surface area contributed by atoms with Crippen molar-refractivity contribution in [1.29, 1.82) is 0 Å². The number of imidazole rings is 1. The van der Waals surface area contributed by atoms with Gasteiger partial charge < -0.3 is 10.1 Å². The minimum absolute atomic E-state index is 0.170. The molecule has 0 bridgehead atoms. The number of hydrogen-bond acceptors (Lipinski definition) is 4. The third-order valence-corrected chi connectivity index (χ3v) is 3.78. The molecule has 0 fully saturated rings. The summed E-state index contributed by atoms with van der Waals surface area (Å²) < 4.78 is 2.80. The molecule has 2 rings (SSSR count). The van der Waals surface area contributed by atoms with E-state index in [-0.39, 0.29) is 24.4 Å². The van der Waals surface area contributed by atoms with Crippen LogP contribution in [0.4, 0.5) is 0 Å². The van der Waals surface area contributed by atoms with Crippen molar-refractivity contribution in [2.45, 2.75) is 18.9 Å². The van der Waals surface area contributed by atoms with Crippen LogP contribution in [-0.2, 0) is 21.4 Å². The van der Waals surface area contributed by atoms with E-state index in [0.717, 1.165) is 6.29 Å². The molecule has 7 nitrogen and oxygen atoms in total. The largest absolute Gasteiger partial charge is 0.357 e. The number of carbonyl (C=O) groups is 3. The van der Waals surface area contributed by atoms with E-state index in [1.807, 2.05) is 0 Å². The van der Waals surface area contributed by atoms with Crippen molar-refractivity contribution in [3.8, 4) is 11.8 Å². The number of aldehydes is 2. The molecule has 1 N–H and O–H groups in total. The molecule has 124 valence electrons. The molecule has 1 heterocycles. The SMILES string of the molecule is CNC(=O)C(CCC=O)n1c(=O)n(C)c2cc(C#CC=O)ccc21. The summed E-state index contributed by atoms with van der Waals surface area (Å²) in [5.74, 6) is 4.66. The second-order valence-electron chi connectivity index (χ2n) is 5.18. The summed E-state index contributed by atoms with van der Waals surface area (Å²) in [4.78, 5) is 45.8. The van der Waals surface area contributed by atoms with Crippen molar-refractivity contribution in [3.63, 3.8) is 0 Å². The van der Waals surface area contributed by atoms with Gasteiger partial charge in [-0.25, -0.2) is 4.79 Å². The first-order valence-electron chi connectivity index (χ1n) is 7.36. The van der Waals surface area contributed by atoms with Crippen molar-refractivity contribution in [2.75, 3.05) is 7.05 Å². The molecule has 0 aliphatic heterocycles. The predicted molar refractivity (Wildman–Crippen MR) is 88.5 cm³/mol. The quantitative estimate of drug-likeness (QED) is 0.625. The number of carbonyl (C=O) groups excluding carboxylic acids is 3. The van der Waals surface area contributed by atoms with Gasteiger partial charge in [-0.05, 0) is 30.5 Å². The lowest BCUT2D eigenvalue weighted by Gasteiger charge is -2.16. The minimum atomic E-state index is -0.775. The van der Waals surface area contributed by atoms with E-state index in [1.165, 1.54) is 16.2 Å². The topological polar surface area (TPSA) is 90.2 Å². The summed E-state index contributed by atoms with van der Waals surface area (Å²) >= 11 is 0. The van der Waals surface area contributed by atoms with Gasteiger partial charge in [-0.1, -0.05) is 5.92 Å². The monoisotopic (exact) mass is 327 g/mol. The number of hydrogen-bond donors (Lipinski definition) is 1. The fourth-order valence-electron chi connectivity index (χ4n) is 2.63. The van der Waals surface area contributed by atoms with Gasteiger partial charge >= 0.3 is 5.69 Å². The summed E-state index contributed by atoms with van der Waals surface area (Å²) in [6.07, 6.45) is 1.62. The zero-order valence-electron chi connectivity index (χ0n) is 13.4. The smallest absolute Gasteiger partial charge is 0.329 e. The lowest BCUT2D eigenvalue weighted by molar-refractivity contribution is -0.124. The highest BCUT2D eigenvalue weighted by molar-refractivity contribution is 5.85. The Hall–Kier alpha value is -3.14. The Morgan fingerprint density at radius 3 is 2.71 bits per heavy atom. The molecule has 1 aromatic heterocycles. The van der Waals surface area contributed by atoms with E-state index in [1.54, 1.807) is 25.2 Å². The zero-order valence-corrected chi connectivity index (χ0v) is 13.4. The van der Waals surface area contributed by atoms with Crippen LogP contribution in [0, 0.1) is 11.8 Å². The molecule has 0 radical (unpaired) electrons. The number of fused-ring (bicyclic) bond motifs is 1. The van der Waals surface area contributed by atoms with Crippen LogP contribution in [0.5, 0.6) is 0 Å². The maximum Gasteiger partial charge on any atom is 0.329 e. The van der Waals surface area contributed by atoms with Gasteiger partial charge in [-0.3, -0.25) is 18.7 Å². The molecule has 2 aromatic rings. The predicted octanol–water partition coefficient (Wildman–Crippen LogP) is 0.157. The number of likely N-dealkylation sites (N-methyl/N-ethyl adjacent to an activating group) is 1. The highest BCUT2D eigenvalue weighted by atomic mass is 16.2. The Balaban J connectivity index is 2.66. The fraction of sp³-hybridized carbons (Fsp3) is 0.294. The van der Waals surface area contributed by atoms with Gasteiger partial charge in [0.15, 0.2) is 6.29 Å². The summed E-state index contributed by atoms with van der Waals surface area (Å²) in [5, 5.41) is 2.53. The average Bonchev–Trinajstić information content (AvgIpc) is 2.84. The number of aryl methyl sites for hydroxylation is 1. The maximum atomic E-state index is 12.6. The number of nitrogens with one attached hydrogen (secondary N) is 1. The van der Waals surface area contributed by atoms with E-state index in [0.29, 0.717) is 22.9 Å². The first kappa shape index (κ1) is 17.2. The normalized spacial score (nSPS) is 11.4. The Morgan fingerprint density at radius 1 is 1.33 bits per heavy atom. The number of amides is 1. The maximum absolute atomic E-state index is 12.6. The minimum Gasteiger partial charge on any atom is -0.357 e. The Morgan fingerprint density at radius 2 is 2.08 bits per heavy atom. The molecule has 24 heavy (non-hydrogen) atoms. The number of rotatable bonds is 5. The molecule has 0 saturated heterocycles. The molecular formula is C17H17N3O4. The van der Waals surface area contributed by atoms with Crippen molar-refractivity contribution in [2.24, 2.45) is 7.05 Å². The number of benzene rings is 1. The van der Waals surface area contributed by atoms with Crippen LogP contribution < -0.4 is 11.0 Å². The molecule has 1 unspecified atom stereocenters. The molecule has 0 saturated carbocycles. The van der Waals surface area contributed by atoms with E-state index in [9.17, 15) is 19.2 Å². The van der Waals surface area contributed by atoms with Crippen LogP contribution in [0.2, 0.25) is 0 Å². The average molecular weight is 327 g/mol. The first-order chi connectivity index (χ1) is 11.5. The van der Waals surface area contributed by atoms with Gasteiger partial charge in [0.2, 0.25) is 5.91 Å². The molecule has 0 aliphatic carbocycles. The molecule has 7 heteroatoms. The Kier molecular flexibility index (Phi) is 5.32. The van der Waals surface area contributed by atoms with Gasteiger partial charge in [-0.15, -0.1) is 0 Å². The van der Waals surface area contributed by atoms with Crippen molar-refractivity contribution < 1.29 is 14.4 Å². The molecule has 0 spiro atoms. The van der Waals surface area contributed by atoms with Gasteiger partial charge in [0, 0.05) is 26.1 Å². The van der Waals surface area contributed by atoms with Crippen LogP contribution in [0.15, 0.2) is 23.0 Å². The van der Waals surface area contributed by atoms with E-state index < -0.39 is 6.04 Å². The lowest BCUT2D eigenvalue weighted by Crippen LogP contribution is -2.36. The summed E-state index contributed by atoms with van der Waals surface area (Å²) in [6, 6.07) is 4.27. The van der Waals surface area contributed by atoms with Crippen molar-refractivity contribution >= 4 is 29.5 Å². The lowest BCUT2D eigenvalue weighted by atomic mass is 10.1. The zero-order chi connectivity index (χ0) is 17.7. The van der Waals surface area contributed by atoms with Gasteiger partial charge in [0.25, 0.3) is 0 Å². The van der Waals surface area contributed by atoms with Crippen LogP contribution >= 0.6 is 0 Å². The summed E-state index contributed by atoms with van der Waals surface area (Å²) in [6.45, 7) is 0. The first-order valence-corrected chi connectivity index (χ1v) is 7.36. The summed E-state index contributed by atoms with van der Waals surface area (Å²) in [7, 11) is 3.08. The van der Waals surface area contributed by atoms with Gasteiger partial charge in [0.1, 0.15) is 12.3 Å². The third-order valence-electron chi connectivity index (χ3n) is 3.78. The molecule has 1 amide bonds. The van der Waals surface area contributed by atoms with E-state index in [2.05, 4.69) is 17.2 Å². The van der Waals surface area contributed by atoms with Gasteiger partial charge in [-0.2, -0.15) is 0 Å². The molecule has 1 atom stereocenters. The highest BCUT2D eigenvalue weighted by Gasteiger charge is 2.24. The second-order valence-corrected chi connectivity index (χ2v) is 5.18. The molecular weight excluding hydrogens is 310 g/mol. The number of aromatic nitrogens is 2. The van der Waals surface area contributed by atoms with Crippen molar-refractivity contribution in [1.82, 2.24) is 14.5 Å². The highest BCUT2D eigenvalue weighted by Crippen LogP contribution is 2.21. The van der Waals surface area contributed by atoms with Crippen LogP contribution in [0.1, 0.15) is 24.4 Å². The van der Waals surface area contributed by atoms with Gasteiger partial charge in [0.05, 0.1) is 11.0 Å². The van der Waals surface area contributed by atoms with E-state index in [4.69, 9.17) is 0 Å². The molecule has 0 aliphatic rings. The van der Waals surface area contributed by atoms with E-state index >= 15 is 0 Å². The van der Waals surface area contributed by atoms with Crippen LogP contribution in [0.25, 0.3) is 11.0 Å². The number of nitrogens with zero attached hydrogens (tertiary/aromatic N) is 2. The third kappa shape index (κ3) is 3.13. The van der Waals surface area contributed by atoms with Crippen LogP contribution in [0.3, 0.4) is 0 Å². The molecule has 1 aromatic carbocycles. The van der Waals surface area contributed by atoms with Crippen molar-refractivity contribution in [3.05, 3.63) is 34.2 Å². The summed E-state index contributed by atoms with van der Waals surface area (Å²) in [5.41, 5.74) is 1.40. The standard InChI is InChI=1S/C17H17N3O4/c1-18-16(23)14(6-4-10-22)20-13-8-7-12(5-3-9-21)11-15(13)19(2)17(20)24/h7-11,14H,4,6H2,1-2H3,(H,18,23). The Labute approximate surface area is 138 Å². The van der Waals surface area contributed by atoms with Crippen LogP contribution in [-0.4, -0.2) is 34.7 Å². The second kappa shape index (κ2) is 7.42. The fourth-order valence-corrected chi connectivity index (χ4v) is 2.63.